The molecular formula is C15H14N4O3S. The minimum atomic E-state index is -0.340. The van der Waals surface area contributed by atoms with E-state index in [1.165, 1.54) is 11.8 Å². The van der Waals surface area contributed by atoms with Crippen LogP contribution in [0.15, 0.2) is 33.9 Å². The van der Waals surface area contributed by atoms with E-state index in [0.29, 0.717) is 36.0 Å². The number of carbonyl (C=O) groups excluding carboxylic acids is 1. The Morgan fingerprint density at radius 3 is 3.00 bits per heavy atom. The summed E-state index contributed by atoms with van der Waals surface area (Å²) < 4.78 is 10.2. The predicted molar refractivity (Wildman–Crippen MR) is 81.7 cm³/mol. The lowest BCUT2D eigenvalue weighted by Crippen LogP contribution is -2.28. The van der Waals surface area contributed by atoms with Crippen molar-refractivity contribution in [1.29, 1.82) is 5.26 Å². The highest BCUT2D eigenvalue weighted by Gasteiger charge is 2.29. The Balaban J connectivity index is 1.86. The Morgan fingerprint density at radius 1 is 1.48 bits per heavy atom. The highest BCUT2D eigenvalue weighted by Crippen LogP contribution is 2.37. The lowest BCUT2D eigenvalue weighted by molar-refractivity contribution is 0.158. The second kappa shape index (κ2) is 6.71. The van der Waals surface area contributed by atoms with Crippen molar-refractivity contribution in [2.24, 2.45) is 0 Å². The highest BCUT2D eigenvalue weighted by atomic mass is 32.2. The molecule has 3 heterocycles. The molecule has 0 aliphatic carbocycles. The molecule has 7 nitrogen and oxygen atoms in total. The number of pyridine rings is 1. The SMILES string of the molecule is Cc1ccc(C#N)c(SC(CN2CCOC2=O)c2ccno2)n1. The number of aryl methyl sites for hydroxylation is 1. The van der Waals surface area contributed by atoms with Gasteiger partial charge in [-0.15, -0.1) is 0 Å². The average molecular weight is 330 g/mol. The molecule has 2 aromatic heterocycles. The molecule has 0 aromatic carbocycles. The molecule has 0 saturated carbocycles. The Bertz CT molecular complexity index is 742. The fourth-order valence-corrected chi connectivity index (χ4v) is 3.41. The minimum absolute atomic E-state index is 0.218. The van der Waals surface area contributed by atoms with E-state index in [1.54, 1.807) is 29.3 Å². The smallest absolute Gasteiger partial charge is 0.409 e. The number of rotatable bonds is 5. The number of hydrogen-bond acceptors (Lipinski definition) is 7. The van der Waals surface area contributed by atoms with Crippen LogP contribution < -0.4 is 0 Å². The second-order valence-corrected chi connectivity index (χ2v) is 6.19. The lowest BCUT2D eigenvalue weighted by Gasteiger charge is -2.19. The van der Waals surface area contributed by atoms with E-state index in [2.05, 4.69) is 16.2 Å². The molecule has 1 atom stereocenters. The molecule has 0 bridgehead atoms. The number of aromatic nitrogens is 2. The molecule has 0 N–H and O–H groups in total. The molecule has 1 unspecified atom stereocenters. The first-order chi connectivity index (χ1) is 11.2. The summed E-state index contributed by atoms with van der Waals surface area (Å²) in [6, 6.07) is 7.43. The molecule has 1 aliphatic rings. The van der Waals surface area contributed by atoms with Crippen LogP contribution in [0.25, 0.3) is 0 Å². The van der Waals surface area contributed by atoms with E-state index in [1.807, 2.05) is 6.92 Å². The Morgan fingerprint density at radius 2 is 2.35 bits per heavy atom. The van der Waals surface area contributed by atoms with Crippen LogP contribution in [0.5, 0.6) is 0 Å². The number of nitriles is 1. The first-order valence-electron chi connectivity index (χ1n) is 7.04. The maximum atomic E-state index is 11.7. The van der Waals surface area contributed by atoms with Crippen LogP contribution >= 0.6 is 11.8 Å². The summed E-state index contributed by atoms with van der Waals surface area (Å²) in [5.74, 6) is 0.627. The second-order valence-electron chi connectivity index (χ2n) is 5.00. The monoisotopic (exact) mass is 330 g/mol. The van der Waals surface area contributed by atoms with Gasteiger partial charge in [-0.1, -0.05) is 16.9 Å². The standard InChI is InChI=1S/C15H14N4O3S/c1-10-2-3-11(8-16)14(18-10)23-13(12-4-5-17-22-12)9-19-6-7-21-15(19)20/h2-5,13H,6-7,9H2,1H3. The van der Waals surface area contributed by atoms with Crippen LogP contribution in [0, 0.1) is 18.3 Å². The summed E-state index contributed by atoms with van der Waals surface area (Å²) >= 11 is 1.38. The maximum Gasteiger partial charge on any atom is 0.409 e. The number of nitrogens with zero attached hydrogens (tertiary/aromatic N) is 4. The Hall–Kier alpha value is -2.53. The average Bonchev–Trinajstić information content (AvgIpc) is 3.19. The van der Waals surface area contributed by atoms with Gasteiger partial charge in [-0.2, -0.15) is 5.26 Å². The number of carbonyl (C=O) groups is 1. The largest absolute Gasteiger partial charge is 0.448 e. The van der Waals surface area contributed by atoms with Gasteiger partial charge in [0.15, 0.2) is 5.76 Å². The number of ether oxygens (including phenoxy) is 1. The van der Waals surface area contributed by atoms with E-state index in [0.717, 1.165) is 5.69 Å². The van der Waals surface area contributed by atoms with Crippen molar-refractivity contribution in [3.05, 3.63) is 41.4 Å². The summed E-state index contributed by atoms with van der Waals surface area (Å²) in [6.07, 6.45) is 1.22. The van der Waals surface area contributed by atoms with Gasteiger partial charge in [-0.25, -0.2) is 9.78 Å². The van der Waals surface area contributed by atoms with E-state index in [9.17, 15) is 10.1 Å². The molecule has 1 fully saturated rings. The van der Waals surface area contributed by atoms with Crippen LogP contribution in [-0.4, -0.2) is 40.8 Å². The molecule has 0 radical (unpaired) electrons. The molecule has 3 rings (SSSR count). The van der Waals surface area contributed by atoms with Crippen LogP contribution in [0.3, 0.4) is 0 Å². The van der Waals surface area contributed by atoms with Gasteiger partial charge in [0.05, 0.1) is 23.6 Å². The molecule has 1 saturated heterocycles. The zero-order chi connectivity index (χ0) is 16.2. The molecule has 0 spiro atoms. The summed E-state index contributed by atoms with van der Waals surface area (Å²) in [6.45, 7) is 3.20. The lowest BCUT2D eigenvalue weighted by atomic mass is 10.3. The third-order valence-electron chi connectivity index (χ3n) is 3.38. The van der Waals surface area contributed by atoms with Gasteiger partial charge in [-0.05, 0) is 19.1 Å². The Kier molecular flexibility index (Phi) is 4.48. The van der Waals surface area contributed by atoms with Crippen LogP contribution in [-0.2, 0) is 4.74 Å². The third-order valence-corrected chi connectivity index (χ3v) is 4.58. The molecule has 1 aliphatic heterocycles. The van der Waals surface area contributed by atoms with Gasteiger partial charge >= 0.3 is 6.09 Å². The van der Waals surface area contributed by atoms with Gasteiger partial charge in [0.2, 0.25) is 0 Å². The van der Waals surface area contributed by atoms with Gasteiger partial charge < -0.3 is 14.2 Å². The summed E-state index contributed by atoms with van der Waals surface area (Å²) in [5.41, 5.74) is 1.32. The van der Waals surface area contributed by atoms with Crippen molar-refractivity contribution >= 4 is 17.9 Å². The van der Waals surface area contributed by atoms with Crippen molar-refractivity contribution in [3.63, 3.8) is 0 Å². The highest BCUT2D eigenvalue weighted by molar-refractivity contribution is 7.99. The molecule has 2 aromatic rings. The van der Waals surface area contributed by atoms with E-state index < -0.39 is 0 Å². The molecule has 23 heavy (non-hydrogen) atoms. The van der Waals surface area contributed by atoms with E-state index in [4.69, 9.17) is 9.26 Å². The minimum Gasteiger partial charge on any atom is -0.448 e. The fourth-order valence-electron chi connectivity index (χ4n) is 2.21. The van der Waals surface area contributed by atoms with Crippen molar-refractivity contribution in [3.8, 4) is 6.07 Å². The first-order valence-corrected chi connectivity index (χ1v) is 7.92. The topological polar surface area (TPSA) is 92.2 Å². The summed E-state index contributed by atoms with van der Waals surface area (Å²) in [7, 11) is 0. The van der Waals surface area contributed by atoms with Gasteiger partial charge in [0, 0.05) is 18.3 Å². The van der Waals surface area contributed by atoms with Crippen LogP contribution in [0.1, 0.15) is 22.3 Å². The fraction of sp³-hybridized carbons (Fsp3) is 0.333. The van der Waals surface area contributed by atoms with Crippen molar-refractivity contribution in [2.45, 2.75) is 17.2 Å². The van der Waals surface area contributed by atoms with Gasteiger partial charge in [-0.3, -0.25) is 0 Å². The molecular weight excluding hydrogens is 316 g/mol. The molecule has 118 valence electrons. The van der Waals surface area contributed by atoms with Crippen molar-refractivity contribution in [2.75, 3.05) is 19.7 Å². The number of hydrogen-bond donors (Lipinski definition) is 0. The zero-order valence-electron chi connectivity index (χ0n) is 12.4. The summed E-state index contributed by atoms with van der Waals surface area (Å²) in [5, 5.41) is 13.4. The van der Waals surface area contributed by atoms with Crippen LogP contribution in [0.4, 0.5) is 4.79 Å². The van der Waals surface area contributed by atoms with E-state index >= 15 is 0 Å². The molecule has 8 heteroatoms. The number of cyclic esters (lactones) is 1. The number of amides is 1. The quantitative estimate of drug-likeness (QED) is 0.778. The first kappa shape index (κ1) is 15.4. The zero-order valence-corrected chi connectivity index (χ0v) is 13.2. The van der Waals surface area contributed by atoms with E-state index in [-0.39, 0.29) is 11.3 Å². The maximum absolute atomic E-state index is 11.7. The predicted octanol–water partition coefficient (Wildman–Crippen LogP) is 2.54. The molecule has 1 amide bonds. The third kappa shape index (κ3) is 3.46. The Labute approximate surface area is 137 Å². The van der Waals surface area contributed by atoms with Gasteiger partial charge in [0.1, 0.15) is 17.7 Å². The van der Waals surface area contributed by atoms with Crippen molar-refractivity contribution in [1.82, 2.24) is 15.0 Å². The van der Waals surface area contributed by atoms with Crippen LogP contribution in [0.2, 0.25) is 0 Å². The normalized spacial score (nSPS) is 15.3. The number of thioether (sulfide) groups is 1. The summed E-state index contributed by atoms with van der Waals surface area (Å²) in [4.78, 5) is 17.7. The van der Waals surface area contributed by atoms with Crippen molar-refractivity contribution < 1.29 is 14.1 Å². The van der Waals surface area contributed by atoms with Gasteiger partial charge in [0.25, 0.3) is 0 Å².